The van der Waals surface area contributed by atoms with Crippen LogP contribution in [0.1, 0.15) is 50.7 Å². The topological polar surface area (TPSA) is 69.9 Å². The predicted molar refractivity (Wildman–Crippen MR) is 240 cm³/mol. The van der Waals surface area contributed by atoms with Crippen LogP contribution in [0.15, 0.2) is 167 Å². The van der Waals surface area contributed by atoms with Crippen molar-refractivity contribution in [1.82, 2.24) is 19.5 Å². The molecule has 60 heavy (non-hydrogen) atoms. The van der Waals surface area contributed by atoms with E-state index in [9.17, 15) is 0 Å². The summed E-state index contributed by atoms with van der Waals surface area (Å²) >= 11 is 0. The van der Waals surface area contributed by atoms with Gasteiger partial charge in [0.25, 0.3) is 0 Å². The molecule has 0 saturated heterocycles. The fraction of sp³-hybridized carbons (Fsp3) is 0.113. The molecule has 1 radical (unpaired) electrons. The number of hydrogen-bond donors (Lipinski definition) is 0. The molecule has 0 N–H and O–H groups in total. The number of benzene rings is 7. The fourth-order valence-corrected chi connectivity index (χ4v) is 8.19. The molecule has 0 bridgehead atoms. The van der Waals surface area contributed by atoms with Crippen LogP contribution in [0.25, 0.3) is 94.3 Å². The molecule has 4 heterocycles. The number of fused-ring (bicyclic) bond motifs is 8. The molecular weight excluding hydrogens is 917 g/mol. The number of aromatic nitrogens is 4. The van der Waals surface area contributed by atoms with Crippen LogP contribution in [0, 0.1) is 12.1 Å². The second-order valence-corrected chi connectivity index (χ2v) is 15.4. The van der Waals surface area contributed by atoms with Gasteiger partial charge in [-0.15, -0.1) is 35.9 Å². The molecule has 0 fully saturated rings. The Labute approximate surface area is 361 Å². The van der Waals surface area contributed by atoms with Gasteiger partial charge in [-0.1, -0.05) is 130 Å². The second-order valence-electron chi connectivity index (χ2n) is 15.4. The first-order chi connectivity index (χ1) is 28.9. The monoisotopic (exact) mass is 957 g/mol. The summed E-state index contributed by atoms with van der Waals surface area (Å²) in [6, 6.07) is 56.7. The quantitative estimate of drug-likeness (QED) is 0.155. The number of pyridine rings is 1. The van der Waals surface area contributed by atoms with E-state index in [0.29, 0.717) is 11.2 Å². The van der Waals surface area contributed by atoms with Gasteiger partial charge < -0.3 is 18.4 Å². The maximum atomic E-state index is 6.88. The van der Waals surface area contributed by atoms with Gasteiger partial charge in [0, 0.05) is 48.3 Å². The molecule has 6 nitrogen and oxygen atoms in total. The molecule has 4 aromatic heterocycles. The minimum absolute atomic E-state index is 0. The molecule has 0 aliphatic heterocycles. The second kappa shape index (κ2) is 16.2. The maximum absolute atomic E-state index is 6.88. The van der Waals surface area contributed by atoms with Gasteiger partial charge in [-0.2, -0.15) is 0 Å². The third kappa shape index (κ3) is 6.80. The van der Waals surface area contributed by atoms with Crippen molar-refractivity contribution in [2.24, 2.45) is 0 Å². The van der Waals surface area contributed by atoms with Crippen molar-refractivity contribution in [3.05, 3.63) is 181 Å². The van der Waals surface area contributed by atoms with Crippen LogP contribution in [0.2, 0.25) is 0 Å². The normalized spacial score (nSPS) is 11.5. The van der Waals surface area contributed by atoms with E-state index in [1.165, 1.54) is 28.6 Å². The molecule has 0 atom stereocenters. The van der Waals surface area contributed by atoms with Crippen LogP contribution >= 0.6 is 0 Å². The smallest absolute Gasteiger partial charge is 0.170 e. The number of furan rings is 1. The van der Waals surface area contributed by atoms with Crippen molar-refractivity contribution in [2.75, 3.05) is 0 Å². The zero-order valence-corrected chi connectivity index (χ0v) is 36.0. The maximum Gasteiger partial charge on any atom is 0.170 e. The van der Waals surface area contributed by atoms with Crippen molar-refractivity contribution in [2.45, 2.75) is 39.5 Å². The van der Waals surface area contributed by atoms with Crippen molar-refractivity contribution >= 4 is 54.8 Å². The van der Waals surface area contributed by atoms with Crippen molar-refractivity contribution < 1.29 is 28.9 Å². The van der Waals surface area contributed by atoms with E-state index in [2.05, 4.69) is 145 Å². The van der Waals surface area contributed by atoms with E-state index in [1.54, 1.807) is 6.20 Å². The minimum Gasteiger partial charge on any atom is -0.500 e. The summed E-state index contributed by atoms with van der Waals surface area (Å²) in [6.07, 6.45) is 3.28. The van der Waals surface area contributed by atoms with Gasteiger partial charge in [0.15, 0.2) is 6.39 Å². The van der Waals surface area contributed by atoms with Gasteiger partial charge >= 0.3 is 0 Å². The Morgan fingerprint density at radius 2 is 1.38 bits per heavy atom. The van der Waals surface area contributed by atoms with E-state index in [1.807, 2.05) is 54.6 Å². The fourth-order valence-electron chi connectivity index (χ4n) is 8.19. The van der Waals surface area contributed by atoms with Gasteiger partial charge in [0.2, 0.25) is 0 Å². The average molecular weight is 957 g/mol. The molecule has 11 aromatic rings. The number of imidazole rings is 1. The Morgan fingerprint density at radius 1 is 0.650 bits per heavy atom. The van der Waals surface area contributed by atoms with Crippen molar-refractivity contribution in [1.29, 1.82) is 0 Å². The Hall–Kier alpha value is -6.66. The summed E-state index contributed by atoms with van der Waals surface area (Å²) in [5.74, 6) is 1.26. The number of nitrogens with zero attached hydrogens (tertiary/aromatic N) is 4. The predicted octanol–water partition coefficient (Wildman–Crippen LogP) is 14.1. The van der Waals surface area contributed by atoms with Gasteiger partial charge in [0.1, 0.15) is 5.58 Å². The van der Waals surface area contributed by atoms with Crippen LogP contribution in [0.5, 0.6) is 0 Å². The minimum atomic E-state index is 0. The first-order valence-corrected chi connectivity index (χ1v) is 20.1. The van der Waals surface area contributed by atoms with Crippen LogP contribution < -0.4 is 0 Å². The Balaban J connectivity index is 0.000000306. The molecule has 0 saturated carbocycles. The summed E-state index contributed by atoms with van der Waals surface area (Å²) in [5.41, 5.74) is 13.6. The molecule has 7 heteroatoms. The molecule has 0 aliphatic carbocycles. The number of oxazole rings is 1. The number of para-hydroxylation sites is 2. The zero-order chi connectivity index (χ0) is 40.0. The third-order valence-corrected chi connectivity index (χ3v) is 11.0. The summed E-state index contributed by atoms with van der Waals surface area (Å²) < 4.78 is 15.2. The van der Waals surface area contributed by atoms with E-state index >= 15 is 0 Å². The molecule has 0 amide bonds. The van der Waals surface area contributed by atoms with Crippen molar-refractivity contribution in [3.8, 4) is 39.5 Å². The molecule has 0 unspecified atom stereocenters. The third-order valence-electron chi connectivity index (χ3n) is 11.0. The number of rotatable bonds is 6. The van der Waals surface area contributed by atoms with Gasteiger partial charge in [-0.05, 0) is 80.9 Å². The van der Waals surface area contributed by atoms with Crippen LogP contribution in [-0.2, 0) is 20.1 Å². The van der Waals surface area contributed by atoms with E-state index < -0.39 is 0 Å². The Kier molecular flexibility index (Phi) is 10.5. The van der Waals surface area contributed by atoms with Crippen LogP contribution in [-0.4, -0.2) is 19.5 Å². The molecule has 0 spiro atoms. The van der Waals surface area contributed by atoms with E-state index in [-0.39, 0.29) is 31.9 Å². The van der Waals surface area contributed by atoms with Crippen LogP contribution in [0.4, 0.5) is 0 Å². The summed E-state index contributed by atoms with van der Waals surface area (Å²) in [5, 5.41) is 4.08. The van der Waals surface area contributed by atoms with E-state index in [0.717, 1.165) is 72.0 Å². The molecule has 7 aromatic carbocycles. The molecule has 11 rings (SSSR count). The Morgan fingerprint density at radius 3 is 2.13 bits per heavy atom. The van der Waals surface area contributed by atoms with Gasteiger partial charge in [-0.3, -0.25) is 9.97 Å². The van der Waals surface area contributed by atoms with Gasteiger partial charge in [-0.25, -0.2) is 0 Å². The van der Waals surface area contributed by atoms with E-state index in [4.69, 9.17) is 13.8 Å². The molecule has 0 aliphatic rings. The zero-order valence-electron chi connectivity index (χ0n) is 33.6. The first kappa shape index (κ1) is 38.8. The largest absolute Gasteiger partial charge is 0.500 e. The average Bonchev–Trinajstić information content (AvgIpc) is 4.02. The Bertz CT molecular complexity index is 3210. The molecular formula is C53H40IrN4O2-2. The summed E-state index contributed by atoms with van der Waals surface area (Å²) in [7, 11) is 0. The number of hydrogen-bond acceptors (Lipinski definition) is 5. The van der Waals surface area contributed by atoms with Crippen LogP contribution in [0.3, 0.4) is 0 Å². The first-order valence-electron chi connectivity index (χ1n) is 20.1. The standard InChI is InChI=1S/C42H32N3O2.C11H8N.Ir/c1-24(2)31-20-28(26-12-6-5-7-13-26)21-32(25(3)4)39(31)45-35-17-11-10-16-34(35)44-42(45)33-22-36-38(43-23-46-36)37-30-19-18-27-14-8-9-15-29(27)40(30)47-41(33)37;1-2-6-10(7-3-1)11-8-4-5-9-12-11;/h5-21,23-25H,1-4H3;1-6,8-9H;/q2*-1;. The summed E-state index contributed by atoms with van der Waals surface area (Å²) in [6.45, 7) is 9.08. The molecule has 295 valence electrons. The SMILES string of the molecule is CC(C)c1cc(-c2ccccc2)cc(C(C)C)c1-n1c(-c2[c-]c3ocnc3c3c2oc2c4ccccc4ccc23)nc2ccccc21.[Ir].[c-]1ccccc1-c1ccccn1. The summed E-state index contributed by atoms with van der Waals surface area (Å²) in [4.78, 5) is 14.2. The van der Waals surface area contributed by atoms with Gasteiger partial charge in [0.05, 0.1) is 28.0 Å². The van der Waals surface area contributed by atoms with Crippen molar-refractivity contribution in [3.63, 3.8) is 0 Å².